The minimum Gasteiger partial charge on any atom is -0.491 e. The van der Waals surface area contributed by atoms with Crippen molar-refractivity contribution in [2.45, 2.75) is 20.8 Å². The Balaban J connectivity index is 1.46. The number of aryl methyl sites for hydroxylation is 3. The Kier molecular flexibility index (Phi) is 6.61. The first kappa shape index (κ1) is 23.4. The highest BCUT2D eigenvalue weighted by Gasteiger charge is 2.35. The summed E-state index contributed by atoms with van der Waals surface area (Å²) in [7, 11) is 0. The predicted octanol–water partition coefficient (Wildman–Crippen LogP) is 5.69. The highest BCUT2D eigenvalue weighted by molar-refractivity contribution is 8.18. The van der Waals surface area contributed by atoms with Gasteiger partial charge in [0.25, 0.3) is 11.1 Å². The summed E-state index contributed by atoms with van der Waals surface area (Å²) in [5.74, 6) is 0.179. The summed E-state index contributed by atoms with van der Waals surface area (Å²) >= 11 is 0.848. The summed E-state index contributed by atoms with van der Waals surface area (Å²) in [5.41, 5.74) is 3.71. The summed E-state index contributed by atoms with van der Waals surface area (Å²) in [5, 5.41) is 8.88. The van der Waals surface area contributed by atoms with Gasteiger partial charge in [-0.1, -0.05) is 18.2 Å². The van der Waals surface area contributed by atoms with Crippen molar-refractivity contribution in [3.05, 3.63) is 81.5 Å². The van der Waals surface area contributed by atoms with Crippen molar-refractivity contribution in [1.29, 1.82) is 0 Å². The molecule has 8 heteroatoms. The van der Waals surface area contributed by atoms with Crippen LogP contribution in [-0.4, -0.2) is 40.3 Å². The van der Waals surface area contributed by atoms with Crippen LogP contribution in [-0.2, 0) is 4.79 Å². The zero-order valence-corrected chi connectivity index (χ0v) is 19.8. The van der Waals surface area contributed by atoms with Crippen LogP contribution in [0.15, 0.2) is 57.9 Å². The molecule has 0 aliphatic carbocycles. The molecule has 0 saturated carbocycles. The first-order valence-electron chi connectivity index (χ1n) is 10.6. The summed E-state index contributed by atoms with van der Waals surface area (Å²) in [6.07, 6.45) is 1.52. The number of thioether (sulfide) groups is 1. The van der Waals surface area contributed by atoms with Crippen molar-refractivity contribution in [3.63, 3.8) is 0 Å². The Morgan fingerprint density at radius 1 is 1.06 bits per heavy atom. The number of nitrogens with zero attached hydrogens (tertiary/aromatic N) is 1. The number of carbonyl (C=O) groups is 3. The number of carboxylic acid groups (broad SMARTS) is 1. The van der Waals surface area contributed by atoms with Crippen LogP contribution in [0.1, 0.15) is 32.8 Å². The van der Waals surface area contributed by atoms with Crippen molar-refractivity contribution >= 4 is 35.0 Å². The SMILES string of the molecule is Cc1ccc(C)c(OCCN2C(=O)S/C(=C\c3ccc(-c4cc(C(=O)O)ccc4C)o3)C2=O)c1. The Bertz CT molecular complexity index is 1320. The molecule has 1 aliphatic rings. The van der Waals surface area contributed by atoms with Crippen molar-refractivity contribution < 1.29 is 28.6 Å². The van der Waals surface area contributed by atoms with Crippen molar-refractivity contribution in [3.8, 4) is 17.1 Å². The molecule has 2 aromatic carbocycles. The van der Waals surface area contributed by atoms with Crippen LogP contribution in [0.4, 0.5) is 4.79 Å². The molecule has 1 aliphatic heterocycles. The lowest BCUT2D eigenvalue weighted by Gasteiger charge is -2.14. The molecule has 7 nitrogen and oxygen atoms in total. The molecule has 0 radical (unpaired) electrons. The number of amides is 2. The molecular weight excluding hydrogens is 454 g/mol. The van der Waals surface area contributed by atoms with Crippen LogP contribution in [0.25, 0.3) is 17.4 Å². The Morgan fingerprint density at radius 3 is 2.59 bits per heavy atom. The van der Waals surface area contributed by atoms with E-state index in [0.717, 1.165) is 39.1 Å². The molecule has 34 heavy (non-hydrogen) atoms. The van der Waals surface area contributed by atoms with Crippen LogP contribution < -0.4 is 4.74 Å². The number of hydrogen-bond acceptors (Lipinski definition) is 6. The van der Waals surface area contributed by atoms with E-state index in [1.54, 1.807) is 24.3 Å². The molecule has 174 valence electrons. The number of carboxylic acids is 1. The second-order valence-electron chi connectivity index (χ2n) is 7.99. The number of ether oxygens (including phenoxy) is 1. The number of benzene rings is 2. The topological polar surface area (TPSA) is 97.1 Å². The molecule has 2 amide bonds. The van der Waals surface area contributed by atoms with Gasteiger partial charge >= 0.3 is 5.97 Å². The molecule has 0 bridgehead atoms. The van der Waals surface area contributed by atoms with Gasteiger partial charge in [-0.2, -0.15) is 0 Å². The van der Waals surface area contributed by atoms with E-state index >= 15 is 0 Å². The number of rotatable bonds is 7. The predicted molar refractivity (Wildman–Crippen MR) is 130 cm³/mol. The monoisotopic (exact) mass is 477 g/mol. The fourth-order valence-corrected chi connectivity index (χ4v) is 4.37. The molecule has 4 rings (SSSR count). The standard InChI is InChI=1S/C26H23NO6S/c1-15-4-5-17(3)22(12-15)32-11-10-27-24(28)23(34-26(27)31)14-19-8-9-21(33-19)20-13-18(25(29)30)7-6-16(20)2/h4-9,12-14H,10-11H2,1-3H3,(H,29,30)/b23-14-. The number of carbonyl (C=O) groups excluding carboxylic acids is 2. The fourth-order valence-electron chi connectivity index (χ4n) is 3.53. The quantitative estimate of drug-likeness (QED) is 0.437. The van der Waals surface area contributed by atoms with Gasteiger partial charge in [-0.25, -0.2) is 4.79 Å². The molecule has 0 atom stereocenters. The third kappa shape index (κ3) is 4.92. The van der Waals surface area contributed by atoms with E-state index in [1.165, 1.54) is 12.1 Å². The van der Waals surface area contributed by atoms with Crippen LogP contribution in [0.3, 0.4) is 0 Å². The average molecular weight is 478 g/mol. The number of imide groups is 1. The van der Waals surface area contributed by atoms with Crippen LogP contribution in [0.2, 0.25) is 0 Å². The average Bonchev–Trinajstić information content (AvgIpc) is 3.36. The van der Waals surface area contributed by atoms with E-state index in [-0.39, 0.29) is 28.9 Å². The fraction of sp³-hybridized carbons (Fsp3) is 0.192. The smallest absolute Gasteiger partial charge is 0.335 e. The van der Waals surface area contributed by atoms with Gasteiger partial charge < -0.3 is 14.3 Å². The molecule has 0 unspecified atom stereocenters. The second-order valence-corrected chi connectivity index (χ2v) is 8.98. The van der Waals surface area contributed by atoms with E-state index < -0.39 is 11.9 Å². The first-order valence-corrected chi connectivity index (χ1v) is 11.4. The highest BCUT2D eigenvalue weighted by atomic mass is 32.2. The van der Waals surface area contributed by atoms with Gasteiger partial charge in [0.1, 0.15) is 23.9 Å². The number of aromatic carboxylic acids is 1. The molecule has 0 spiro atoms. The molecule has 1 fully saturated rings. The Labute approximate surface area is 201 Å². The van der Waals surface area contributed by atoms with Gasteiger partial charge in [0.05, 0.1) is 17.0 Å². The zero-order chi connectivity index (χ0) is 24.4. The lowest BCUT2D eigenvalue weighted by Crippen LogP contribution is -2.32. The third-order valence-electron chi connectivity index (χ3n) is 5.44. The Hall–Kier alpha value is -3.78. The lowest BCUT2D eigenvalue weighted by atomic mass is 10.0. The summed E-state index contributed by atoms with van der Waals surface area (Å²) in [6, 6.07) is 14.1. The number of hydrogen-bond donors (Lipinski definition) is 1. The van der Waals surface area contributed by atoms with Gasteiger partial charge in [-0.05, 0) is 79.6 Å². The van der Waals surface area contributed by atoms with Crippen molar-refractivity contribution in [1.82, 2.24) is 4.90 Å². The summed E-state index contributed by atoms with van der Waals surface area (Å²) in [4.78, 5) is 37.9. The lowest BCUT2D eigenvalue weighted by molar-refractivity contribution is -0.123. The van der Waals surface area contributed by atoms with Gasteiger partial charge in [0.15, 0.2) is 0 Å². The number of furan rings is 1. The minimum absolute atomic E-state index is 0.139. The van der Waals surface area contributed by atoms with Gasteiger partial charge in [0, 0.05) is 11.6 Å². The van der Waals surface area contributed by atoms with Crippen LogP contribution >= 0.6 is 11.8 Å². The molecule has 2 heterocycles. The zero-order valence-electron chi connectivity index (χ0n) is 19.0. The maximum absolute atomic E-state index is 12.8. The molecular formula is C26H23NO6S. The van der Waals surface area contributed by atoms with Crippen LogP contribution in [0, 0.1) is 20.8 Å². The summed E-state index contributed by atoms with van der Waals surface area (Å²) < 4.78 is 11.6. The third-order valence-corrected chi connectivity index (χ3v) is 6.35. The largest absolute Gasteiger partial charge is 0.491 e. The van der Waals surface area contributed by atoms with E-state index in [9.17, 15) is 19.5 Å². The van der Waals surface area contributed by atoms with E-state index in [4.69, 9.17) is 9.15 Å². The highest BCUT2D eigenvalue weighted by Crippen LogP contribution is 2.34. The maximum atomic E-state index is 12.8. The first-order chi connectivity index (χ1) is 16.2. The van der Waals surface area contributed by atoms with E-state index in [1.807, 2.05) is 39.0 Å². The normalized spacial score (nSPS) is 14.8. The van der Waals surface area contributed by atoms with Gasteiger partial charge in [-0.3, -0.25) is 14.5 Å². The Morgan fingerprint density at radius 2 is 1.82 bits per heavy atom. The van der Waals surface area contributed by atoms with E-state index in [0.29, 0.717) is 17.1 Å². The maximum Gasteiger partial charge on any atom is 0.335 e. The van der Waals surface area contributed by atoms with Gasteiger partial charge in [-0.15, -0.1) is 0 Å². The minimum atomic E-state index is -1.02. The van der Waals surface area contributed by atoms with Crippen LogP contribution in [0.5, 0.6) is 5.75 Å². The molecule has 3 aromatic rings. The van der Waals surface area contributed by atoms with Crippen molar-refractivity contribution in [2.75, 3.05) is 13.2 Å². The second kappa shape index (κ2) is 9.61. The molecule has 1 aromatic heterocycles. The summed E-state index contributed by atoms with van der Waals surface area (Å²) in [6.45, 7) is 6.10. The molecule has 1 saturated heterocycles. The van der Waals surface area contributed by atoms with E-state index in [2.05, 4.69) is 0 Å². The molecule has 1 N–H and O–H groups in total. The van der Waals surface area contributed by atoms with Crippen molar-refractivity contribution in [2.24, 2.45) is 0 Å². The van der Waals surface area contributed by atoms with Gasteiger partial charge in [0.2, 0.25) is 0 Å².